The summed E-state index contributed by atoms with van der Waals surface area (Å²) in [5, 5.41) is 19.0. The second-order valence-corrected chi connectivity index (χ2v) is 7.81. The Hall–Kier alpha value is -4.18. The fourth-order valence-corrected chi connectivity index (χ4v) is 3.86. The van der Waals surface area contributed by atoms with Crippen molar-refractivity contribution in [3.8, 4) is 17.0 Å². The van der Waals surface area contributed by atoms with Crippen molar-refractivity contribution in [2.24, 2.45) is 12.8 Å². The lowest BCUT2D eigenvalue weighted by Crippen LogP contribution is -2.08. The van der Waals surface area contributed by atoms with Crippen molar-refractivity contribution in [3.05, 3.63) is 65.0 Å². The summed E-state index contributed by atoms with van der Waals surface area (Å²) < 4.78 is 7.54. The van der Waals surface area contributed by atoms with E-state index in [0.717, 1.165) is 35.0 Å². The highest BCUT2D eigenvalue weighted by Crippen LogP contribution is 2.37. The SMILES string of the molecule is COc1cc(NCCCCN)c([N+](=O)[O-])cc1Nc1nccc(-c2cn(C)c3ccccc23)n1. The van der Waals surface area contributed by atoms with Crippen LogP contribution in [0.5, 0.6) is 5.75 Å². The molecule has 34 heavy (non-hydrogen) atoms. The van der Waals surface area contributed by atoms with Gasteiger partial charge in [-0.3, -0.25) is 10.1 Å². The number of anilines is 3. The Labute approximate surface area is 196 Å². The molecule has 176 valence electrons. The number of benzene rings is 2. The van der Waals surface area contributed by atoms with Gasteiger partial charge in [0.15, 0.2) is 0 Å². The molecule has 0 atom stereocenters. The Bertz CT molecular complexity index is 1320. The van der Waals surface area contributed by atoms with E-state index in [1.165, 1.54) is 13.2 Å². The Balaban J connectivity index is 1.66. The number of aryl methyl sites for hydroxylation is 1. The van der Waals surface area contributed by atoms with Gasteiger partial charge in [0.1, 0.15) is 11.4 Å². The third-order valence-corrected chi connectivity index (χ3v) is 5.54. The lowest BCUT2D eigenvalue weighted by molar-refractivity contribution is -0.383. The fraction of sp³-hybridized carbons (Fsp3) is 0.250. The minimum absolute atomic E-state index is 0.0683. The molecular weight excluding hydrogens is 434 g/mol. The number of rotatable bonds is 10. The molecule has 0 aliphatic heterocycles. The second-order valence-electron chi connectivity index (χ2n) is 7.81. The molecule has 2 heterocycles. The Morgan fingerprint density at radius 3 is 2.76 bits per heavy atom. The minimum Gasteiger partial charge on any atom is -0.494 e. The van der Waals surface area contributed by atoms with Crippen LogP contribution >= 0.6 is 0 Å². The van der Waals surface area contributed by atoms with Crippen LogP contribution in [0.15, 0.2) is 54.9 Å². The van der Waals surface area contributed by atoms with E-state index in [-0.39, 0.29) is 5.69 Å². The van der Waals surface area contributed by atoms with Crippen LogP contribution in [-0.4, -0.2) is 39.7 Å². The van der Waals surface area contributed by atoms with Gasteiger partial charge in [0.2, 0.25) is 5.95 Å². The molecule has 0 saturated heterocycles. The predicted octanol–water partition coefficient (Wildman–Crippen LogP) is 4.45. The van der Waals surface area contributed by atoms with E-state index in [9.17, 15) is 10.1 Å². The van der Waals surface area contributed by atoms with Crippen LogP contribution in [0.4, 0.5) is 23.0 Å². The summed E-state index contributed by atoms with van der Waals surface area (Å²) in [5.41, 5.74) is 9.04. The van der Waals surface area contributed by atoms with Gasteiger partial charge in [0.05, 0.1) is 23.4 Å². The molecule has 10 nitrogen and oxygen atoms in total. The summed E-state index contributed by atoms with van der Waals surface area (Å²) in [6.07, 6.45) is 5.32. The van der Waals surface area contributed by atoms with Crippen molar-refractivity contribution in [1.29, 1.82) is 0 Å². The highest BCUT2D eigenvalue weighted by molar-refractivity contribution is 5.95. The number of methoxy groups -OCH3 is 1. The molecular formula is C24H27N7O3. The summed E-state index contributed by atoms with van der Waals surface area (Å²) in [4.78, 5) is 20.3. The van der Waals surface area contributed by atoms with Crippen LogP contribution < -0.4 is 21.1 Å². The standard InChI is InChI=1S/C24H27N7O3/c1-30-15-17(16-7-3-4-8-21(16)30)18-9-12-27-24(28-18)29-20-13-22(31(32)33)19(14-23(20)34-2)26-11-6-5-10-25/h3-4,7-9,12-15,26H,5-6,10-11,25H2,1-2H3,(H,27,28,29). The van der Waals surface area contributed by atoms with Gasteiger partial charge in [0.25, 0.3) is 5.69 Å². The van der Waals surface area contributed by atoms with Gasteiger partial charge in [-0.25, -0.2) is 9.97 Å². The number of unbranched alkanes of at least 4 members (excludes halogenated alkanes) is 1. The molecule has 0 spiro atoms. The Kier molecular flexibility index (Phi) is 6.88. The van der Waals surface area contributed by atoms with E-state index in [1.54, 1.807) is 12.3 Å². The van der Waals surface area contributed by atoms with Crippen molar-refractivity contribution in [2.75, 3.05) is 30.8 Å². The van der Waals surface area contributed by atoms with E-state index in [4.69, 9.17) is 10.5 Å². The topological polar surface area (TPSA) is 133 Å². The summed E-state index contributed by atoms with van der Waals surface area (Å²) >= 11 is 0. The van der Waals surface area contributed by atoms with Crippen LogP contribution in [0.3, 0.4) is 0 Å². The van der Waals surface area contributed by atoms with Crippen molar-refractivity contribution in [3.63, 3.8) is 0 Å². The molecule has 4 rings (SSSR count). The molecule has 0 aliphatic rings. The fourth-order valence-electron chi connectivity index (χ4n) is 3.86. The molecule has 4 aromatic rings. The first-order valence-corrected chi connectivity index (χ1v) is 11.0. The highest BCUT2D eigenvalue weighted by Gasteiger charge is 2.20. The zero-order valence-corrected chi connectivity index (χ0v) is 19.1. The average molecular weight is 462 g/mol. The van der Waals surface area contributed by atoms with Gasteiger partial charge in [-0.2, -0.15) is 0 Å². The number of nitro groups is 1. The highest BCUT2D eigenvalue weighted by atomic mass is 16.6. The van der Waals surface area contributed by atoms with Gasteiger partial charge >= 0.3 is 0 Å². The first-order chi connectivity index (χ1) is 16.5. The molecule has 0 saturated carbocycles. The molecule has 4 N–H and O–H groups in total. The van der Waals surface area contributed by atoms with Crippen LogP contribution in [0.1, 0.15) is 12.8 Å². The van der Waals surface area contributed by atoms with Crippen LogP contribution in [0.25, 0.3) is 22.2 Å². The van der Waals surface area contributed by atoms with Crippen molar-refractivity contribution < 1.29 is 9.66 Å². The van der Waals surface area contributed by atoms with Crippen LogP contribution in [-0.2, 0) is 7.05 Å². The number of para-hydroxylation sites is 1. The molecule has 2 aromatic carbocycles. The van der Waals surface area contributed by atoms with Gasteiger partial charge in [-0.15, -0.1) is 0 Å². The van der Waals surface area contributed by atoms with E-state index >= 15 is 0 Å². The molecule has 0 fully saturated rings. The van der Waals surface area contributed by atoms with E-state index in [1.807, 2.05) is 42.1 Å². The number of nitrogens with two attached hydrogens (primary N) is 1. The van der Waals surface area contributed by atoms with Gasteiger partial charge in [0, 0.05) is 54.6 Å². The van der Waals surface area contributed by atoms with E-state index in [0.29, 0.717) is 36.2 Å². The predicted molar refractivity (Wildman–Crippen MR) is 134 cm³/mol. The lowest BCUT2D eigenvalue weighted by atomic mass is 10.1. The summed E-state index contributed by atoms with van der Waals surface area (Å²) in [5.74, 6) is 0.743. The number of nitrogens with one attached hydrogen (secondary N) is 2. The number of hydrogen-bond donors (Lipinski definition) is 3. The molecule has 0 aliphatic carbocycles. The molecule has 0 unspecified atom stereocenters. The number of nitro benzene ring substituents is 1. The lowest BCUT2D eigenvalue weighted by Gasteiger charge is -2.14. The maximum absolute atomic E-state index is 11.7. The molecule has 10 heteroatoms. The average Bonchev–Trinajstić information content (AvgIpc) is 3.19. The van der Waals surface area contributed by atoms with Crippen molar-refractivity contribution >= 4 is 33.9 Å². The van der Waals surface area contributed by atoms with Gasteiger partial charge in [-0.1, -0.05) is 18.2 Å². The normalized spacial score (nSPS) is 10.9. The summed E-state index contributed by atoms with van der Waals surface area (Å²) in [6.45, 7) is 1.15. The van der Waals surface area contributed by atoms with E-state index in [2.05, 4.69) is 26.7 Å². The minimum atomic E-state index is -0.427. The smallest absolute Gasteiger partial charge is 0.294 e. The van der Waals surface area contributed by atoms with Crippen LogP contribution in [0.2, 0.25) is 0 Å². The number of nitrogens with zero attached hydrogens (tertiary/aromatic N) is 4. The Morgan fingerprint density at radius 1 is 1.18 bits per heavy atom. The number of hydrogen-bond acceptors (Lipinski definition) is 8. The number of fused-ring (bicyclic) bond motifs is 1. The van der Waals surface area contributed by atoms with Gasteiger partial charge in [-0.05, 0) is 31.5 Å². The summed E-state index contributed by atoms with van der Waals surface area (Å²) in [6, 6.07) is 13.0. The first-order valence-electron chi connectivity index (χ1n) is 11.0. The quantitative estimate of drug-likeness (QED) is 0.179. The maximum Gasteiger partial charge on any atom is 0.294 e. The first kappa shape index (κ1) is 23.0. The van der Waals surface area contributed by atoms with Crippen molar-refractivity contribution in [1.82, 2.24) is 14.5 Å². The number of ether oxygens (including phenoxy) is 1. The monoisotopic (exact) mass is 461 g/mol. The third-order valence-electron chi connectivity index (χ3n) is 5.54. The van der Waals surface area contributed by atoms with Crippen molar-refractivity contribution in [2.45, 2.75) is 12.8 Å². The zero-order valence-electron chi connectivity index (χ0n) is 19.1. The molecule has 2 aromatic heterocycles. The molecule has 0 amide bonds. The molecule has 0 bridgehead atoms. The Morgan fingerprint density at radius 2 is 2.00 bits per heavy atom. The second kappa shape index (κ2) is 10.2. The largest absolute Gasteiger partial charge is 0.494 e. The van der Waals surface area contributed by atoms with E-state index < -0.39 is 4.92 Å². The molecule has 0 radical (unpaired) electrons. The third kappa shape index (κ3) is 4.76. The number of aromatic nitrogens is 3. The maximum atomic E-state index is 11.7. The zero-order chi connectivity index (χ0) is 24.1. The van der Waals surface area contributed by atoms with Crippen LogP contribution in [0, 0.1) is 10.1 Å². The van der Waals surface area contributed by atoms with Gasteiger partial charge < -0.3 is 25.7 Å². The summed E-state index contributed by atoms with van der Waals surface area (Å²) in [7, 11) is 3.50.